The van der Waals surface area contributed by atoms with Crippen molar-refractivity contribution in [3.05, 3.63) is 82.6 Å². The van der Waals surface area contributed by atoms with Gasteiger partial charge in [-0.3, -0.25) is 29.5 Å². The standard InChI is InChI=1S/C35H37N9O4/c1-4-44(29-12-11-28-32(37-29)31(39-38-28)26-6-5-22(2)36-19-26)34(46)27-13-16-42(20-27)21-30(45)43-17-14-24(15-18-43)23-7-9-25(10-8-23)33-40-41(3)35(47)48-33/h5-12,14,19,27H,4,13,15-18,20-21H2,1-3H3,(H,38,39)/t27-/m1/s1. The Labute approximate surface area is 276 Å². The number of aryl methyl sites for hydroxylation is 2. The fraction of sp³-hybridized carbons (Fsp3) is 0.343. The molecule has 246 valence electrons. The molecule has 0 bridgehead atoms. The number of H-pyrrole nitrogens is 1. The van der Waals surface area contributed by atoms with Gasteiger partial charge in [0.15, 0.2) is 0 Å². The Morgan fingerprint density at radius 2 is 1.83 bits per heavy atom. The summed E-state index contributed by atoms with van der Waals surface area (Å²) in [5.41, 5.74) is 6.92. The second kappa shape index (κ2) is 13.0. The van der Waals surface area contributed by atoms with Crippen LogP contribution in [-0.4, -0.2) is 90.8 Å². The van der Waals surface area contributed by atoms with Gasteiger partial charge in [0, 0.05) is 56.2 Å². The van der Waals surface area contributed by atoms with Gasteiger partial charge in [-0.05, 0) is 80.8 Å². The van der Waals surface area contributed by atoms with Crippen LogP contribution in [0.5, 0.6) is 0 Å². The zero-order valence-electron chi connectivity index (χ0n) is 27.2. The molecule has 0 saturated carbocycles. The molecule has 1 N–H and O–H groups in total. The molecular formula is C35H37N9O4. The first-order valence-corrected chi connectivity index (χ1v) is 16.2. The Kier molecular flexibility index (Phi) is 8.44. The molecule has 5 aromatic rings. The Bertz CT molecular complexity index is 2060. The molecule has 2 aliphatic heterocycles. The average molecular weight is 648 g/mol. The van der Waals surface area contributed by atoms with Crippen LogP contribution >= 0.6 is 0 Å². The monoisotopic (exact) mass is 647 g/mol. The van der Waals surface area contributed by atoms with Crippen LogP contribution in [0.1, 0.15) is 31.0 Å². The van der Waals surface area contributed by atoms with Crippen LogP contribution in [-0.2, 0) is 16.6 Å². The maximum absolute atomic E-state index is 13.8. The van der Waals surface area contributed by atoms with E-state index in [1.54, 1.807) is 18.1 Å². The molecule has 1 atom stereocenters. The van der Waals surface area contributed by atoms with Crippen molar-refractivity contribution in [2.45, 2.75) is 26.7 Å². The van der Waals surface area contributed by atoms with Crippen LogP contribution in [0.4, 0.5) is 5.82 Å². The lowest BCUT2D eigenvalue weighted by Crippen LogP contribution is -2.42. The van der Waals surface area contributed by atoms with Gasteiger partial charge in [-0.1, -0.05) is 18.2 Å². The predicted octanol–water partition coefficient (Wildman–Crippen LogP) is 3.67. The highest BCUT2D eigenvalue weighted by Crippen LogP contribution is 2.29. The van der Waals surface area contributed by atoms with Crippen molar-refractivity contribution in [1.29, 1.82) is 0 Å². The summed E-state index contributed by atoms with van der Waals surface area (Å²) in [6.07, 6.45) is 5.31. The molecule has 0 spiro atoms. The zero-order valence-corrected chi connectivity index (χ0v) is 27.2. The smallest absolute Gasteiger partial charge is 0.388 e. The van der Waals surface area contributed by atoms with Crippen LogP contribution in [0.2, 0.25) is 0 Å². The molecule has 48 heavy (non-hydrogen) atoms. The molecular weight excluding hydrogens is 610 g/mol. The number of pyridine rings is 2. The van der Waals surface area contributed by atoms with Crippen molar-refractivity contribution >= 4 is 34.2 Å². The minimum absolute atomic E-state index is 0.0168. The second-order valence-corrected chi connectivity index (χ2v) is 12.3. The molecule has 7 rings (SSSR count). The number of likely N-dealkylation sites (tertiary alicyclic amines) is 1. The quantitative estimate of drug-likeness (QED) is 0.267. The van der Waals surface area contributed by atoms with E-state index in [1.807, 2.05) is 67.3 Å². The SMILES string of the molecule is CCN(C(=O)[C@@H]1CCN(CC(=O)N2CC=C(c3ccc(-c4nn(C)c(=O)o4)cc3)CC2)C1)c1ccc2[nH]nc(-c3ccc(C)nc3)c2n1. The fourth-order valence-corrected chi connectivity index (χ4v) is 6.42. The first-order valence-electron chi connectivity index (χ1n) is 16.2. The van der Waals surface area contributed by atoms with E-state index in [-0.39, 0.29) is 30.2 Å². The second-order valence-electron chi connectivity index (χ2n) is 12.3. The van der Waals surface area contributed by atoms with Crippen LogP contribution < -0.4 is 10.7 Å². The minimum Gasteiger partial charge on any atom is -0.388 e. The number of nitrogens with zero attached hydrogens (tertiary/aromatic N) is 8. The largest absolute Gasteiger partial charge is 0.437 e. The molecule has 0 radical (unpaired) electrons. The zero-order chi connectivity index (χ0) is 33.4. The number of aromatic nitrogens is 6. The number of benzene rings is 1. The number of amides is 2. The van der Waals surface area contributed by atoms with E-state index in [4.69, 9.17) is 9.40 Å². The van der Waals surface area contributed by atoms with Crippen LogP contribution in [0, 0.1) is 12.8 Å². The van der Waals surface area contributed by atoms with Crippen molar-refractivity contribution in [1.82, 2.24) is 39.7 Å². The highest BCUT2D eigenvalue weighted by Gasteiger charge is 2.34. The lowest BCUT2D eigenvalue weighted by Gasteiger charge is -2.29. The number of fused-ring (bicyclic) bond motifs is 1. The molecule has 2 aliphatic rings. The van der Waals surface area contributed by atoms with E-state index in [9.17, 15) is 14.4 Å². The van der Waals surface area contributed by atoms with E-state index in [1.165, 1.54) is 10.3 Å². The van der Waals surface area contributed by atoms with Crippen LogP contribution in [0.15, 0.2) is 70.0 Å². The Hall–Kier alpha value is -5.43. The van der Waals surface area contributed by atoms with E-state index in [0.717, 1.165) is 34.3 Å². The van der Waals surface area contributed by atoms with E-state index in [2.05, 4.69) is 31.3 Å². The van der Waals surface area contributed by atoms with Gasteiger partial charge in [-0.25, -0.2) is 9.78 Å². The lowest BCUT2D eigenvalue weighted by atomic mass is 9.98. The molecule has 6 heterocycles. The summed E-state index contributed by atoms with van der Waals surface area (Å²) in [5, 5.41) is 11.6. The highest BCUT2D eigenvalue weighted by molar-refractivity contribution is 5.97. The topological polar surface area (TPSA) is 146 Å². The van der Waals surface area contributed by atoms with Gasteiger partial charge in [-0.2, -0.15) is 9.78 Å². The number of hydrogen-bond donors (Lipinski definition) is 1. The van der Waals surface area contributed by atoms with Crippen molar-refractivity contribution in [3.63, 3.8) is 0 Å². The number of hydrogen-bond acceptors (Lipinski definition) is 9. The normalized spacial score (nSPS) is 16.8. The summed E-state index contributed by atoms with van der Waals surface area (Å²) in [6, 6.07) is 15.4. The van der Waals surface area contributed by atoms with Gasteiger partial charge < -0.3 is 9.32 Å². The number of carbonyl (C=O) groups excluding carboxylic acids is 2. The van der Waals surface area contributed by atoms with Crippen molar-refractivity contribution in [2.75, 3.05) is 44.2 Å². The molecule has 1 saturated heterocycles. The van der Waals surface area contributed by atoms with Crippen LogP contribution in [0.3, 0.4) is 0 Å². The maximum atomic E-state index is 13.8. The molecule has 1 fully saturated rings. The summed E-state index contributed by atoms with van der Waals surface area (Å²) in [5.74, 6) is 0.241. The van der Waals surface area contributed by atoms with E-state index < -0.39 is 5.76 Å². The molecule has 0 aliphatic carbocycles. The number of nitrogens with one attached hydrogen (secondary N) is 1. The third kappa shape index (κ3) is 6.16. The summed E-state index contributed by atoms with van der Waals surface area (Å²) < 4.78 is 6.34. The van der Waals surface area contributed by atoms with Crippen molar-refractivity contribution in [3.8, 4) is 22.7 Å². The number of rotatable bonds is 8. The Balaban J connectivity index is 0.954. The molecule has 2 amide bonds. The van der Waals surface area contributed by atoms with Crippen LogP contribution in [0.25, 0.3) is 39.3 Å². The van der Waals surface area contributed by atoms with Crippen molar-refractivity contribution in [2.24, 2.45) is 13.0 Å². The predicted molar refractivity (Wildman–Crippen MR) is 181 cm³/mol. The number of carbonyl (C=O) groups is 2. The van der Waals surface area contributed by atoms with Gasteiger partial charge in [-0.15, -0.1) is 5.10 Å². The van der Waals surface area contributed by atoms with Crippen molar-refractivity contribution < 1.29 is 14.0 Å². The summed E-state index contributed by atoms with van der Waals surface area (Å²) >= 11 is 0. The molecule has 4 aromatic heterocycles. The van der Waals surface area contributed by atoms with Gasteiger partial charge >= 0.3 is 5.76 Å². The van der Waals surface area contributed by atoms with Gasteiger partial charge in [0.1, 0.15) is 17.0 Å². The third-order valence-electron chi connectivity index (χ3n) is 9.17. The third-order valence-corrected chi connectivity index (χ3v) is 9.17. The molecule has 13 heteroatoms. The molecule has 1 aromatic carbocycles. The number of aromatic amines is 1. The highest BCUT2D eigenvalue weighted by atomic mass is 16.4. The Morgan fingerprint density at radius 3 is 2.52 bits per heavy atom. The van der Waals surface area contributed by atoms with Gasteiger partial charge in [0.2, 0.25) is 17.7 Å². The first-order chi connectivity index (χ1) is 23.3. The Morgan fingerprint density at radius 1 is 1.04 bits per heavy atom. The molecule has 0 unspecified atom stereocenters. The summed E-state index contributed by atoms with van der Waals surface area (Å²) in [4.78, 5) is 53.6. The van der Waals surface area contributed by atoms with Gasteiger partial charge in [0.25, 0.3) is 0 Å². The average Bonchev–Trinajstić information content (AvgIpc) is 3.84. The molecule has 13 nitrogen and oxygen atoms in total. The lowest BCUT2D eigenvalue weighted by molar-refractivity contribution is -0.132. The summed E-state index contributed by atoms with van der Waals surface area (Å²) in [6.45, 7) is 7.05. The minimum atomic E-state index is -0.500. The summed E-state index contributed by atoms with van der Waals surface area (Å²) in [7, 11) is 1.55. The first kappa shape index (κ1) is 31.2. The number of anilines is 1. The van der Waals surface area contributed by atoms with Gasteiger partial charge in [0.05, 0.1) is 18.0 Å². The fourth-order valence-electron chi connectivity index (χ4n) is 6.42. The van der Waals surface area contributed by atoms with E-state index >= 15 is 0 Å². The van der Waals surface area contributed by atoms with E-state index in [0.29, 0.717) is 56.2 Å². The maximum Gasteiger partial charge on any atom is 0.437 e.